The highest BCUT2D eigenvalue weighted by atomic mass is 19.4. The molecule has 2 aromatic carbocycles. The maximum Gasteiger partial charge on any atom is 0.437 e. The number of aromatic nitrogens is 2. The number of oxazole rings is 1. The van der Waals surface area contributed by atoms with Crippen LogP contribution < -0.4 is 20.9 Å². The van der Waals surface area contributed by atoms with E-state index in [0.29, 0.717) is 51.4 Å². The number of anilines is 4. The Kier molecular flexibility index (Phi) is 9.78. The molecular formula is C34H35F4N7O3. The number of carbonyl (C=O) groups is 2. The molecule has 3 amide bonds. The lowest BCUT2D eigenvalue weighted by Gasteiger charge is -2.31. The van der Waals surface area contributed by atoms with Gasteiger partial charge in [0.05, 0.1) is 17.6 Å². The van der Waals surface area contributed by atoms with Crippen LogP contribution in [0.4, 0.5) is 45.6 Å². The van der Waals surface area contributed by atoms with Crippen molar-refractivity contribution in [1.29, 1.82) is 0 Å². The number of likely N-dealkylation sites (tertiary alicyclic amines) is 1. The molecule has 48 heavy (non-hydrogen) atoms. The quantitative estimate of drug-likeness (QED) is 0.162. The van der Waals surface area contributed by atoms with Crippen molar-refractivity contribution in [2.45, 2.75) is 37.8 Å². The Labute approximate surface area is 274 Å². The summed E-state index contributed by atoms with van der Waals surface area (Å²) in [5.74, 6) is -1.44. The lowest BCUT2D eigenvalue weighted by molar-refractivity contribution is -0.141. The van der Waals surface area contributed by atoms with Gasteiger partial charge in [0.2, 0.25) is 5.76 Å². The number of para-hydroxylation sites is 1. The Balaban J connectivity index is 0.987. The lowest BCUT2D eigenvalue weighted by atomic mass is 9.90. The first-order valence-corrected chi connectivity index (χ1v) is 15.8. The number of amides is 3. The van der Waals surface area contributed by atoms with Gasteiger partial charge in [0, 0.05) is 32.7 Å². The van der Waals surface area contributed by atoms with Gasteiger partial charge < -0.3 is 30.2 Å². The number of urea groups is 1. The van der Waals surface area contributed by atoms with Crippen LogP contribution >= 0.6 is 0 Å². The summed E-state index contributed by atoms with van der Waals surface area (Å²) in [6.07, 6.45) is -0.558. The third-order valence-corrected chi connectivity index (χ3v) is 8.70. The van der Waals surface area contributed by atoms with Crippen molar-refractivity contribution >= 4 is 35.1 Å². The van der Waals surface area contributed by atoms with Crippen molar-refractivity contribution in [3.05, 3.63) is 95.8 Å². The number of hydrogen-bond acceptors (Lipinski definition) is 7. The predicted molar refractivity (Wildman–Crippen MR) is 173 cm³/mol. The molecule has 2 aliphatic heterocycles. The zero-order valence-electron chi connectivity index (χ0n) is 26.0. The highest BCUT2D eigenvalue weighted by Crippen LogP contribution is 2.36. The van der Waals surface area contributed by atoms with E-state index < -0.39 is 29.4 Å². The van der Waals surface area contributed by atoms with Crippen LogP contribution in [-0.4, -0.2) is 59.5 Å². The van der Waals surface area contributed by atoms with E-state index >= 15 is 0 Å². The van der Waals surface area contributed by atoms with E-state index in [0.717, 1.165) is 12.8 Å². The van der Waals surface area contributed by atoms with Crippen LogP contribution in [0.15, 0.2) is 77.3 Å². The molecule has 4 aromatic rings. The SMILES string of the molecule is O=C(Nc1ccc(NCCC2CCN(C(=O)Nc3ccccc3F)C2)nc1)c1oc(N2CCC(c3ccccc3)CC2)nc1C(F)(F)F. The standard InChI is InChI=1S/C34H35F4N7O3/c35-26-8-4-5-9-27(26)42-32(47)45-17-13-22(21-45)12-16-39-28-11-10-25(20-40-28)41-31(46)29-30(34(36,37)38)43-33(48-29)44-18-14-24(15-19-44)23-6-2-1-3-7-23/h1-11,20,22,24H,12-19,21H2,(H,39,40)(H,41,46)(H,42,47). The molecule has 2 aliphatic rings. The van der Waals surface area contributed by atoms with Crippen LogP contribution in [0.2, 0.25) is 0 Å². The van der Waals surface area contributed by atoms with Crippen LogP contribution in [0.25, 0.3) is 0 Å². The summed E-state index contributed by atoms with van der Waals surface area (Å²) in [5, 5.41) is 8.22. The molecule has 1 atom stereocenters. The number of pyridine rings is 1. The molecule has 1 unspecified atom stereocenters. The molecule has 0 bridgehead atoms. The van der Waals surface area contributed by atoms with Crippen molar-refractivity contribution in [1.82, 2.24) is 14.9 Å². The smallest absolute Gasteiger partial charge is 0.417 e. The Morgan fingerprint density at radius 2 is 1.67 bits per heavy atom. The topological polar surface area (TPSA) is 116 Å². The summed E-state index contributed by atoms with van der Waals surface area (Å²) in [7, 11) is 0. The van der Waals surface area contributed by atoms with Gasteiger partial charge in [0.15, 0.2) is 5.69 Å². The first-order valence-electron chi connectivity index (χ1n) is 15.8. The van der Waals surface area contributed by atoms with Crippen molar-refractivity contribution in [3.8, 4) is 0 Å². The molecule has 2 saturated heterocycles. The molecule has 252 valence electrons. The van der Waals surface area contributed by atoms with Gasteiger partial charge in [-0.05, 0) is 67.3 Å². The minimum absolute atomic E-state index is 0.139. The van der Waals surface area contributed by atoms with E-state index in [-0.39, 0.29) is 35.3 Å². The number of benzene rings is 2. The summed E-state index contributed by atoms with van der Waals surface area (Å²) in [6.45, 7) is 2.55. The Bertz CT molecular complexity index is 1710. The van der Waals surface area contributed by atoms with Crippen LogP contribution in [0, 0.1) is 11.7 Å². The highest BCUT2D eigenvalue weighted by molar-refractivity contribution is 6.03. The third-order valence-electron chi connectivity index (χ3n) is 8.70. The van der Waals surface area contributed by atoms with Gasteiger partial charge in [-0.1, -0.05) is 42.5 Å². The maximum absolute atomic E-state index is 13.9. The Hall–Kier alpha value is -5.14. The van der Waals surface area contributed by atoms with Gasteiger partial charge in [-0.25, -0.2) is 14.2 Å². The summed E-state index contributed by atoms with van der Waals surface area (Å²) in [6, 6.07) is 18.5. The molecule has 3 N–H and O–H groups in total. The molecule has 2 fully saturated rings. The second kappa shape index (κ2) is 14.3. The first kappa shape index (κ1) is 32.8. The Morgan fingerprint density at radius 1 is 0.917 bits per heavy atom. The van der Waals surface area contributed by atoms with Gasteiger partial charge in [-0.15, -0.1) is 0 Å². The number of carbonyl (C=O) groups excluding carboxylic acids is 2. The number of nitrogens with zero attached hydrogens (tertiary/aromatic N) is 4. The van der Waals surface area contributed by atoms with Crippen LogP contribution in [0.3, 0.4) is 0 Å². The molecule has 10 nitrogen and oxygen atoms in total. The highest BCUT2D eigenvalue weighted by Gasteiger charge is 2.42. The van der Waals surface area contributed by atoms with E-state index in [1.54, 1.807) is 28.0 Å². The average Bonchev–Trinajstić information content (AvgIpc) is 3.76. The third kappa shape index (κ3) is 7.86. The number of rotatable bonds is 9. The molecule has 0 aliphatic carbocycles. The zero-order valence-corrected chi connectivity index (χ0v) is 26.0. The normalized spacial score (nSPS) is 17.0. The molecule has 0 saturated carbocycles. The Morgan fingerprint density at radius 3 is 2.38 bits per heavy atom. The fourth-order valence-electron chi connectivity index (χ4n) is 6.09. The van der Waals surface area contributed by atoms with Gasteiger partial charge >= 0.3 is 12.2 Å². The van der Waals surface area contributed by atoms with Gasteiger partial charge in [0.25, 0.3) is 11.9 Å². The van der Waals surface area contributed by atoms with E-state index in [2.05, 4.69) is 25.9 Å². The van der Waals surface area contributed by atoms with Gasteiger partial charge in [-0.3, -0.25) is 4.79 Å². The van der Waals surface area contributed by atoms with E-state index in [1.165, 1.54) is 30.0 Å². The van der Waals surface area contributed by atoms with Crippen LogP contribution in [0.1, 0.15) is 53.4 Å². The minimum atomic E-state index is -4.89. The maximum atomic E-state index is 13.9. The van der Waals surface area contributed by atoms with E-state index in [4.69, 9.17) is 4.42 Å². The number of hydrogen-bond donors (Lipinski definition) is 3. The van der Waals surface area contributed by atoms with E-state index in [9.17, 15) is 27.2 Å². The molecule has 6 rings (SSSR count). The molecule has 2 aromatic heterocycles. The largest absolute Gasteiger partial charge is 0.437 e. The lowest BCUT2D eigenvalue weighted by Crippen LogP contribution is -2.33. The van der Waals surface area contributed by atoms with Crippen molar-refractivity contribution < 1.29 is 31.6 Å². The summed E-state index contributed by atoms with van der Waals surface area (Å²) in [4.78, 5) is 36.7. The van der Waals surface area contributed by atoms with E-state index in [1.807, 2.05) is 30.3 Å². The molecular weight excluding hydrogens is 630 g/mol. The summed E-state index contributed by atoms with van der Waals surface area (Å²) < 4.78 is 61.0. The second-order valence-corrected chi connectivity index (χ2v) is 12.0. The van der Waals surface area contributed by atoms with Crippen molar-refractivity contribution in [2.24, 2.45) is 5.92 Å². The first-order chi connectivity index (χ1) is 23.1. The molecule has 0 radical (unpaired) electrons. The second-order valence-electron chi connectivity index (χ2n) is 12.0. The van der Waals surface area contributed by atoms with Crippen molar-refractivity contribution in [2.75, 3.05) is 53.6 Å². The number of piperidine rings is 1. The van der Waals surface area contributed by atoms with Crippen LogP contribution in [-0.2, 0) is 6.18 Å². The fourth-order valence-corrected chi connectivity index (χ4v) is 6.09. The monoisotopic (exact) mass is 665 g/mol. The average molecular weight is 666 g/mol. The predicted octanol–water partition coefficient (Wildman–Crippen LogP) is 7.22. The molecule has 4 heterocycles. The molecule has 14 heteroatoms. The van der Waals surface area contributed by atoms with Gasteiger partial charge in [-0.2, -0.15) is 18.2 Å². The summed E-state index contributed by atoms with van der Waals surface area (Å²) >= 11 is 0. The van der Waals surface area contributed by atoms with Crippen molar-refractivity contribution in [3.63, 3.8) is 0 Å². The number of halogens is 4. The molecule has 0 spiro atoms. The summed E-state index contributed by atoms with van der Waals surface area (Å²) in [5.41, 5.74) is 0.134. The van der Waals surface area contributed by atoms with Gasteiger partial charge in [0.1, 0.15) is 11.6 Å². The minimum Gasteiger partial charge on any atom is -0.417 e. The number of alkyl halides is 3. The number of nitrogens with one attached hydrogen (secondary N) is 3. The fraction of sp³-hybridized carbons (Fsp3) is 0.353. The van der Waals surface area contributed by atoms with Crippen LogP contribution in [0.5, 0.6) is 0 Å². The zero-order chi connectivity index (χ0) is 33.7.